The number of nitrogens with one attached hydrogen (secondary N) is 1. The van der Waals surface area contributed by atoms with Gasteiger partial charge < -0.3 is 0 Å². The van der Waals surface area contributed by atoms with Gasteiger partial charge >= 0.3 is 6.18 Å². The normalized spacial score (nSPS) is 11.8. The number of aromatic nitrogens is 6. The van der Waals surface area contributed by atoms with Crippen LogP contribution in [0.4, 0.5) is 13.2 Å². The van der Waals surface area contributed by atoms with Gasteiger partial charge in [0, 0.05) is 0 Å². The summed E-state index contributed by atoms with van der Waals surface area (Å²) in [6, 6.07) is 7.09. The highest BCUT2D eigenvalue weighted by atomic mass is 19.4. The first kappa shape index (κ1) is 13.3. The first-order chi connectivity index (χ1) is 9.97. The molecule has 0 atom stereocenters. The van der Waals surface area contributed by atoms with Crippen LogP contribution in [-0.2, 0) is 6.18 Å². The molecular weight excluding hydrogens is 285 g/mol. The Kier molecular flexibility index (Phi) is 2.96. The van der Waals surface area contributed by atoms with Crippen molar-refractivity contribution in [3.63, 3.8) is 0 Å². The highest BCUT2D eigenvalue weighted by Gasteiger charge is 2.37. The van der Waals surface area contributed by atoms with E-state index in [9.17, 15) is 13.2 Å². The lowest BCUT2D eigenvalue weighted by atomic mass is 10.2. The molecule has 0 saturated heterocycles. The van der Waals surface area contributed by atoms with E-state index in [2.05, 4.69) is 20.6 Å². The molecule has 0 saturated carbocycles. The van der Waals surface area contributed by atoms with E-state index in [0.717, 1.165) is 11.8 Å². The summed E-state index contributed by atoms with van der Waals surface area (Å²) < 4.78 is 40.0. The summed E-state index contributed by atoms with van der Waals surface area (Å²) >= 11 is 0. The smallest absolute Gasteiger partial charge is 0.273 e. The van der Waals surface area contributed by atoms with Crippen molar-refractivity contribution in [2.45, 2.75) is 13.1 Å². The molecule has 0 unspecified atom stereocenters. The standard InChI is InChI=1S/C12H9F3N6/c1-7-2-4-8(5-3-7)21-11(18-19-20-21)9-6-16-17-10(9)12(13,14)15/h2-6H,1H3,(H,16,17). The third kappa shape index (κ3) is 2.37. The highest BCUT2D eigenvalue weighted by molar-refractivity contribution is 5.60. The van der Waals surface area contributed by atoms with E-state index >= 15 is 0 Å². The number of benzene rings is 1. The molecule has 0 radical (unpaired) electrons. The van der Waals surface area contributed by atoms with Gasteiger partial charge in [-0.15, -0.1) is 5.10 Å². The Morgan fingerprint density at radius 3 is 2.52 bits per heavy atom. The van der Waals surface area contributed by atoms with Gasteiger partial charge in [0.25, 0.3) is 0 Å². The van der Waals surface area contributed by atoms with Gasteiger partial charge in [0.2, 0.25) is 0 Å². The summed E-state index contributed by atoms with van der Waals surface area (Å²) in [7, 11) is 0. The van der Waals surface area contributed by atoms with Crippen molar-refractivity contribution in [3.8, 4) is 17.1 Å². The number of hydrogen-bond acceptors (Lipinski definition) is 4. The number of aromatic amines is 1. The third-order valence-electron chi connectivity index (χ3n) is 2.91. The van der Waals surface area contributed by atoms with E-state index in [-0.39, 0.29) is 11.4 Å². The van der Waals surface area contributed by atoms with E-state index in [1.54, 1.807) is 12.1 Å². The molecular formula is C12H9F3N6. The number of alkyl halides is 3. The maximum Gasteiger partial charge on any atom is 0.433 e. The van der Waals surface area contributed by atoms with Crippen LogP contribution in [0.3, 0.4) is 0 Å². The lowest BCUT2D eigenvalue weighted by molar-refractivity contribution is -0.140. The van der Waals surface area contributed by atoms with Crippen LogP contribution in [0.15, 0.2) is 30.5 Å². The molecule has 2 heterocycles. The molecule has 1 aromatic carbocycles. The molecule has 0 aliphatic rings. The Hall–Kier alpha value is -2.71. The van der Waals surface area contributed by atoms with Crippen LogP contribution < -0.4 is 0 Å². The first-order valence-electron chi connectivity index (χ1n) is 5.93. The van der Waals surface area contributed by atoms with Gasteiger partial charge in [0.1, 0.15) is 0 Å². The summed E-state index contributed by atoms with van der Waals surface area (Å²) in [4.78, 5) is 0. The number of rotatable bonds is 2. The first-order valence-corrected chi connectivity index (χ1v) is 5.93. The number of halogens is 3. The minimum atomic E-state index is -4.56. The van der Waals surface area contributed by atoms with Gasteiger partial charge in [0.05, 0.1) is 17.4 Å². The molecule has 1 N–H and O–H groups in total. The van der Waals surface area contributed by atoms with Crippen molar-refractivity contribution in [2.24, 2.45) is 0 Å². The van der Waals surface area contributed by atoms with Crippen molar-refractivity contribution >= 4 is 0 Å². The van der Waals surface area contributed by atoms with Crippen molar-refractivity contribution in [2.75, 3.05) is 0 Å². The maximum atomic E-state index is 12.9. The monoisotopic (exact) mass is 294 g/mol. The van der Waals surface area contributed by atoms with E-state index in [4.69, 9.17) is 0 Å². The van der Waals surface area contributed by atoms with E-state index < -0.39 is 11.9 Å². The van der Waals surface area contributed by atoms with Crippen LogP contribution >= 0.6 is 0 Å². The molecule has 21 heavy (non-hydrogen) atoms. The number of aryl methyl sites for hydroxylation is 1. The predicted octanol–water partition coefficient (Wildman–Crippen LogP) is 2.38. The van der Waals surface area contributed by atoms with Gasteiger partial charge in [-0.25, -0.2) is 0 Å². The number of tetrazole rings is 1. The molecule has 9 heteroatoms. The predicted molar refractivity (Wildman–Crippen MR) is 66.5 cm³/mol. The fourth-order valence-electron chi connectivity index (χ4n) is 1.89. The average molecular weight is 294 g/mol. The molecule has 3 rings (SSSR count). The van der Waals surface area contributed by atoms with Crippen molar-refractivity contribution in [1.82, 2.24) is 30.4 Å². The van der Waals surface area contributed by atoms with Gasteiger partial charge in [-0.05, 0) is 29.5 Å². The Bertz CT molecular complexity index is 756. The Balaban J connectivity index is 2.12. The summed E-state index contributed by atoms with van der Waals surface area (Å²) in [5.74, 6) is -0.0278. The summed E-state index contributed by atoms with van der Waals surface area (Å²) in [5.41, 5.74) is 0.404. The van der Waals surface area contributed by atoms with Crippen LogP contribution in [0.2, 0.25) is 0 Å². The fourth-order valence-corrected chi connectivity index (χ4v) is 1.89. The maximum absolute atomic E-state index is 12.9. The molecule has 3 aromatic rings. The molecule has 0 amide bonds. The van der Waals surface area contributed by atoms with Crippen molar-refractivity contribution in [3.05, 3.63) is 41.7 Å². The lowest BCUT2D eigenvalue weighted by Gasteiger charge is -2.07. The van der Waals surface area contributed by atoms with Crippen LogP contribution in [0, 0.1) is 6.92 Å². The summed E-state index contributed by atoms with van der Waals surface area (Å²) in [5, 5.41) is 16.2. The second-order valence-corrected chi connectivity index (χ2v) is 4.41. The molecule has 6 nitrogen and oxygen atoms in total. The quantitative estimate of drug-likeness (QED) is 0.787. The van der Waals surface area contributed by atoms with E-state index in [1.807, 2.05) is 24.2 Å². The van der Waals surface area contributed by atoms with Gasteiger partial charge in [-0.2, -0.15) is 23.0 Å². The zero-order valence-electron chi connectivity index (χ0n) is 10.8. The number of nitrogens with zero attached hydrogens (tertiary/aromatic N) is 5. The summed E-state index contributed by atoms with van der Waals surface area (Å²) in [6.45, 7) is 1.90. The minimum absolute atomic E-state index is 0.0278. The Morgan fingerprint density at radius 1 is 1.14 bits per heavy atom. The SMILES string of the molecule is Cc1ccc(-n2nnnc2-c2cn[nH]c2C(F)(F)F)cc1. The van der Waals surface area contributed by atoms with Gasteiger partial charge in [0.15, 0.2) is 11.5 Å². The molecule has 0 fully saturated rings. The molecule has 2 aromatic heterocycles. The number of hydrogen-bond donors (Lipinski definition) is 1. The zero-order valence-corrected chi connectivity index (χ0v) is 10.8. The van der Waals surface area contributed by atoms with E-state index in [1.165, 1.54) is 4.68 Å². The van der Waals surface area contributed by atoms with Crippen LogP contribution in [0.25, 0.3) is 17.1 Å². The Morgan fingerprint density at radius 2 is 1.86 bits per heavy atom. The highest BCUT2D eigenvalue weighted by Crippen LogP contribution is 2.34. The van der Waals surface area contributed by atoms with Crippen molar-refractivity contribution in [1.29, 1.82) is 0 Å². The van der Waals surface area contributed by atoms with E-state index in [0.29, 0.717) is 5.69 Å². The van der Waals surface area contributed by atoms with Crippen LogP contribution in [0.1, 0.15) is 11.3 Å². The second kappa shape index (κ2) is 4.69. The zero-order chi connectivity index (χ0) is 15.0. The van der Waals surface area contributed by atoms with Crippen molar-refractivity contribution < 1.29 is 13.2 Å². The van der Waals surface area contributed by atoms with Crippen LogP contribution in [0.5, 0.6) is 0 Å². The topological polar surface area (TPSA) is 72.3 Å². The largest absolute Gasteiger partial charge is 0.433 e. The molecule has 0 aliphatic carbocycles. The molecule has 108 valence electrons. The number of H-pyrrole nitrogens is 1. The lowest BCUT2D eigenvalue weighted by Crippen LogP contribution is -2.09. The minimum Gasteiger partial charge on any atom is -0.273 e. The van der Waals surface area contributed by atoms with Gasteiger partial charge in [-0.3, -0.25) is 5.10 Å². The average Bonchev–Trinajstić information content (AvgIpc) is 3.07. The Labute approximate surface area is 116 Å². The fraction of sp³-hybridized carbons (Fsp3) is 0.167. The van der Waals surface area contributed by atoms with Crippen LogP contribution in [-0.4, -0.2) is 30.4 Å². The molecule has 0 bridgehead atoms. The third-order valence-corrected chi connectivity index (χ3v) is 2.91. The summed E-state index contributed by atoms with van der Waals surface area (Å²) in [6.07, 6.45) is -3.50. The van der Waals surface area contributed by atoms with Gasteiger partial charge in [-0.1, -0.05) is 17.7 Å². The second-order valence-electron chi connectivity index (χ2n) is 4.41. The molecule has 0 aliphatic heterocycles. The molecule has 0 spiro atoms.